The van der Waals surface area contributed by atoms with Crippen molar-refractivity contribution in [1.82, 2.24) is 29.5 Å². The maximum absolute atomic E-state index is 13.1. The molecule has 3 heterocycles. The number of aromatic nitrogens is 6. The first kappa shape index (κ1) is 20.9. The molecule has 0 fully saturated rings. The number of rotatable bonds is 4. The Morgan fingerprint density at radius 2 is 1.88 bits per heavy atom. The van der Waals surface area contributed by atoms with Crippen molar-refractivity contribution in [3.05, 3.63) is 87.9 Å². The van der Waals surface area contributed by atoms with Gasteiger partial charge in [0.1, 0.15) is 18.3 Å². The molecule has 0 aliphatic carbocycles. The van der Waals surface area contributed by atoms with Crippen LogP contribution in [-0.2, 0) is 12.7 Å². The monoisotopic (exact) mass is 472 g/mol. The molecule has 0 unspecified atom stereocenters. The second-order valence-corrected chi connectivity index (χ2v) is 7.41. The molecule has 5 aromatic rings. The highest BCUT2D eigenvalue weighted by molar-refractivity contribution is 6.33. The van der Waals surface area contributed by atoms with Gasteiger partial charge in [0.05, 0.1) is 28.0 Å². The fourth-order valence-electron chi connectivity index (χ4n) is 3.27. The zero-order chi connectivity index (χ0) is 23.2. The van der Waals surface area contributed by atoms with Gasteiger partial charge in [-0.3, -0.25) is 9.36 Å². The molecular weight excluding hydrogens is 461 g/mol. The predicted molar refractivity (Wildman–Crippen MR) is 112 cm³/mol. The quantitative estimate of drug-likeness (QED) is 0.386. The summed E-state index contributed by atoms with van der Waals surface area (Å²) in [7, 11) is 0. The summed E-state index contributed by atoms with van der Waals surface area (Å²) in [6.45, 7) is -0.0615. The first-order valence-corrected chi connectivity index (χ1v) is 9.87. The fraction of sp³-hybridized carbons (Fsp3) is 0.0952. The van der Waals surface area contributed by atoms with E-state index in [0.717, 1.165) is 12.1 Å². The number of benzene rings is 2. The summed E-state index contributed by atoms with van der Waals surface area (Å²) in [5.74, 6) is 0.355. The molecule has 33 heavy (non-hydrogen) atoms. The van der Waals surface area contributed by atoms with Gasteiger partial charge in [-0.05, 0) is 30.3 Å². The van der Waals surface area contributed by atoms with Crippen LogP contribution in [0.25, 0.3) is 28.2 Å². The molecule has 2 aromatic carbocycles. The molecule has 0 atom stereocenters. The minimum Gasteiger partial charge on any atom is -0.419 e. The lowest BCUT2D eigenvalue weighted by atomic mass is 10.2. The molecule has 12 heteroatoms. The Kier molecular flexibility index (Phi) is 4.97. The van der Waals surface area contributed by atoms with Gasteiger partial charge in [-0.2, -0.15) is 18.3 Å². The summed E-state index contributed by atoms with van der Waals surface area (Å²) in [6.07, 6.45) is -2.01. The van der Waals surface area contributed by atoms with E-state index in [1.165, 1.54) is 33.9 Å². The Hall–Kier alpha value is -3.99. The molecule has 0 saturated heterocycles. The third kappa shape index (κ3) is 3.87. The summed E-state index contributed by atoms with van der Waals surface area (Å²) in [4.78, 5) is 17.1. The number of hydrogen-bond acceptors (Lipinski definition) is 6. The molecule has 166 valence electrons. The lowest BCUT2D eigenvalue weighted by Crippen LogP contribution is -2.21. The Balaban J connectivity index is 1.48. The molecule has 0 bridgehead atoms. The standard InChI is InChI=1S/C21H12ClF3N6O2/c22-16-7-2-1-6-14(16)19-29-28-17(33-19)10-30-11-26-18-15(20(30)32)9-27-31(18)13-5-3-4-12(8-13)21(23,24)25/h1-9,11H,10H2. The average Bonchev–Trinajstić information content (AvgIpc) is 3.43. The number of fused-ring (bicyclic) bond motifs is 1. The SMILES string of the molecule is O=c1c2cnn(-c3cccc(C(F)(F)F)c3)c2ncn1Cc1nnc(-c2ccccc2Cl)o1. The van der Waals surface area contributed by atoms with E-state index in [1.807, 2.05) is 0 Å². The van der Waals surface area contributed by atoms with Crippen molar-refractivity contribution in [3.8, 4) is 17.1 Å². The average molecular weight is 473 g/mol. The molecule has 0 aliphatic heterocycles. The first-order valence-electron chi connectivity index (χ1n) is 9.49. The highest BCUT2D eigenvalue weighted by Gasteiger charge is 2.30. The van der Waals surface area contributed by atoms with Crippen molar-refractivity contribution in [3.63, 3.8) is 0 Å². The highest BCUT2D eigenvalue weighted by atomic mass is 35.5. The van der Waals surface area contributed by atoms with Crippen molar-refractivity contribution in [2.45, 2.75) is 12.7 Å². The zero-order valence-corrected chi connectivity index (χ0v) is 17.2. The van der Waals surface area contributed by atoms with Gasteiger partial charge >= 0.3 is 6.18 Å². The lowest BCUT2D eigenvalue weighted by Gasteiger charge is -2.09. The van der Waals surface area contributed by atoms with Crippen LogP contribution in [0.3, 0.4) is 0 Å². The van der Waals surface area contributed by atoms with Gasteiger partial charge in [0.15, 0.2) is 5.65 Å². The Morgan fingerprint density at radius 3 is 2.67 bits per heavy atom. The highest BCUT2D eigenvalue weighted by Crippen LogP contribution is 2.30. The van der Waals surface area contributed by atoms with Crippen LogP contribution >= 0.6 is 11.6 Å². The second kappa shape index (κ2) is 7.85. The minimum absolute atomic E-state index is 0.0615. The van der Waals surface area contributed by atoms with Crippen molar-refractivity contribution in [2.75, 3.05) is 0 Å². The van der Waals surface area contributed by atoms with Gasteiger partial charge in [0, 0.05) is 0 Å². The van der Waals surface area contributed by atoms with E-state index in [4.69, 9.17) is 16.0 Å². The third-order valence-corrected chi connectivity index (χ3v) is 5.18. The van der Waals surface area contributed by atoms with Gasteiger partial charge in [0.2, 0.25) is 11.8 Å². The van der Waals surface area contributed by atoms with Gasteiger partial charge < -0.3 is 4.42 Å². The van der Waals surface area contributed by atoms with Gasteiger partial charge in [-0.1, -0.05) is 29.8 Å². The van der Waals surface area contributed by atoms with Gasteiger partial charge in [-0.15, -0.1) is 10.2 Å². The molecule has 0 radical (unpaired) electrons. The zero-order valence-electron chi connectivity index (χ0n) is 16.5. The van der Waals surface area contributed by atoms with Crippen LogP contribution < -0.4 is 5.56 Å². The summed E-state index contributed by atoms with van der Waals surface area (Å²) >= 11 is 6.14. The van der Waals surface area contributed by atoms with Crippen LogP contribution in [0.5, 0.6) is 0 Å². The number of nitrogens with zero attached hydrogens (tertiary/aromatic N) is 6. The molecule has 0 N–H and O–H groups in total. The Labute approximate surface area is 187 Å². The van der Waals surface area contributed by atoms with Crippen LogP contribution in [0, 0.1) is 0 Å². The van der Waals surface area contributed by atoms with E-state index in [0.29, 0.717) is 10.6 Å². The van der Waals surface area contributed by atoms with Crippen LogP contribution in [0.4, 0.5) is 13.2 Å². The first-order chi connectivity index (χ1) is 15.8. The summed E-state index contributed by atoms with van der Waals surface area (Å²) in [5, 5.41) is 12.5. The number of hydrogen-bond donors (Lipinski definition) is 0. The minimum atomic E-state index is -4.51. The maximum Gasteiger partial charge on any atom is 0.416 e. The number of halogens is 4. The van der Waals surface area contributed by atoms with E-state index >= 15 is 0 Å². The number of alkyl halides is 3. The van der Waals surface area contributed by atoms with Crippen molar-refractivity contribution >= 4 is 22.6 Å². The van der Waals surface area contributed by atoms with Crippen molar-refractivity contribution in [1.29, 1.82) is 0 Å². The second-order valence-electron chi connectivity index (χ2n) is 7.00. The van der Waals surface area contributed by atoms with Gasteiger partial charge in [0.25, 0.3) is 5.56 Å². The van der Waals surface area contributed by atoms with E-state index < -0.39 is 17.3 Å². The molecule has 5 rings (SSSR count). The predicted octanol–water partition coefficient (Wildman–Crippen LogP) is 4.35. The fourth-order valence-corrected chi connectivity index (χ4v) is 3.49. The smallest absolute Gasteiger partial charge is 0.416 e. The van der Waals surface area contributed by atoms with Crippen LogP contribution in [-0.4, -0.2) is 29.5 Å². The molecule has 0 spiro atoms. The van der Waals surface area contributed by atoms with Crippen LogP contribution in [0.2, 0.25) is 5.02 Å². The third-order valence-electron chi connectivity index (χ3n) is 4.85. The summed E-state index contributed by atoms with van der Waals surface area (Å²) in [6, 6.07) is 11.6. The topological polar surface area (TPSA) is 91.6 Å². The van der Waals surface area contributed by atoms with Crippen molar-refractivity contribution in [2.24, 2.45) is 0 Å². The molecule has 3 aromatic heterocycles. The lowest BCUT2D eigenvalue weighted by molar-refractivity contribution is -0.137. The molecule has 8 nitrogen and oxygen atoms in total. The largest absolute Gasteiger partial charge is 0.419 e. The molecule has 0 aliphatic rings. The van der Waals surface area contributed by atoms with Crippen molar-refractivity contribution < 1.29 is 17.6 Å². The van der Waals surface area contributed by atoms with Crippen LogP contribution in [0.15, 0.2) is 70.3 Å². The van der Waals surface area contributed by atoms with Gasteiger partial charge in [-0.25, -0.2) is 9.67 Å². The Morgan fingerprint density at radius 1 is 1.06 bits per heavy atom. The van der Waals surface area contributed by atoms with E-state index in [9.17, 15) is 18.0 Å². The maximum atomic E-state index is 13.1. The van der Waals surface area contributed by atoms with E-state index in [-0.39, 0.29) is 35.0 Å². The van der Waals surface area contributed by atoms with Crippen LogP contribution in [0.1, 0.15) is 11.5 Å². The molecule has 0 saturated carbocycles. The molecule has 0 amide bonds. The molecular formula is C21H12ClF3N6O2. The van der Waals surface area contributed by atoms with E-state index in [2.05, 4.69) is 20.3 Å². The Bertz CT molecular complexity index is 1540. The summed E-state index contributed by atoms with van der Waals surface area (Å²) < 4.78 is 47.2. The normalized spacial score (nSPS) is 11.9. The van der Waals surface area contributed by atoms with E-state index in [1.54, 1.807) is 24.3 Å². The summed E-state index contributed by atoms with van der Waals surface area (Å²) in [5.41, 5.74) is -0.483.